The molecule has 5 heteroatoms. The number of benzene rings is 2. The van der Waals surface area contributed by atoms with Gasteiger partial charge in [-0.2, -0.15) is 0 Å². The van der Waals surface area contributed by atoms with E-state index in [-0.39, 0.29) is 11.9 Å². The van der Waals surface area contributed by atoms with Crippen LogP contribution < -0.4 is 10.1 Å². The summed E-state index contributed by atoms with van der Waals surface area (Å²) < 4.78 is 10.5. The Bertz CT molecular complexity index is 652. The number of nitrogens with zero attached hydrogens (tertiary/aromatic N) is 1. The van der Waals surface area contributed by atoms with Gasteiger partial charge in [-0.05, 0) is 36.8 Å². The van der Waals surface area contributed by atoms with E-state index in [2.05, 4.69) is 10.3 Å². The van der Waals surface area contributed by atoms with Gasteiger partial charge in [-0.3, -0.25) is 10.1 Å². The molecule has 0 heterocycles. The van der Waals surface area contributed by atoms with Crippen molar-refractivity contribution in [1.29, 1.82) is 0 Å². The zero-order valence-corrected chi connectivity index (χ0v) is 13.3. The van der Waals surface area contributed by atoms with Crippen molar-refractivity contribution >= 4 is 11.9 Å². The largest absolute Gasteiger partial charge is 0.497 e. The molecule has 0 fully saturated rings. The number of ether oxygens (including phenoxy) is 2. The second kappa shape index (κ2) is 8.58. The molecule has 0 atom stereocenters. The summed E-state index contributed by atoms with van der Waals surface area (Å²) in [5, 5.41) is 2.69. The lowest BCUT2D eigenvalue weighted by Gasteiger charge is -2.09. The Morgan fingerprint density at radius 3 is 2.39 bits per heavy atom. The number of methoxy groups -OCH3 is 1. The number of amides is 1. The van der Waals surface area contributed by atoms with Gasteiger partial charge in [0.2, 0.25) is 0 Å². The van der Waals surface area contributed by atoms with Gasteiger partial charge in [0.1, 0.15) is 5.75 Å². The van der Waals surface area contributed by atoms with Crippen LogP contribution in [0.15, 0.2) is 59.6 Å². The first-order chi connectivity index (χ1) is 11.2. The topological polar surface area (TPSA) is 59.9 Å². The van der Waals surface area contributed by atoms with Crippen LogP contribution in [-0.2, 0) is 11.3 Å². The average molecular weight is 312 g/mol. The van der Waals surface area contributed by atoms with Crippen molar-refractivity contribution in [3.8, 4) is 5.75 Å². The van der Waals surface area contributed by atoms with Gasteiger partial charge in [0, 0.05) is 5.56 Å². The van der Waals surface area contributed by atoms with Gasteiger partial charge in [-0.15, -0.1) is 0 Å². The molecule has 0 saturated carbocycles. The number of hydrogen-bond acceptors (Lipinski definition) is 4. The van der Waals surface area contributed by atoms with E-state index in [1.807, 2.05) is 37.3 Å². The molecule has 2 rings (SSSR count). The molecule has 2 aromatic rings. The third-order valence-electron chi connectivity index (χ3n) is 3.10. The second-order valence-corrected chi connectivity index (χ2v) is 4.72. The third-order valence-corrected chi connectivity index (χ3v) is 3.10. The predicted molar refractivity (Wildman–Crippen MR) is 89.7 cm³/mol. The first kappa shape index (κ1) is 16.5. The van der Waals surface area contributed by atoms with E-state index in [1.54, 1.807) is 31.4 Å². The Hall–Kier alpha value is -2.82. The molecule has 1 amide bonds. The molecular formula is C18H20N2O3. The lowest BCUT2D eigenvalue weighted by Crippen LogP contribution is -2.32. The minimum absolute atomic E-state index is 0.220. The zero-order valence-electron chi connectivity index (χ0n) is 13.3. The van der Waals surface area contributed by atoms with Gasteiger partial charge in [-0.1, -0.05) is 30.3 Å². The minimum Gasteiger partial charge on any atom is -0.497 e. The van der Waals surface area contributed by atoms with E-state index in [4.69, 9.17) is 9.47 Å². The highest BCUT2D eigenvalue weighted by Gasteiger charge is 2.09. The summed E-state index contributed by atoms with van der Waals surface area (Å²) in [7, 11) is 1.58. The van der Waals surface area contributed by atoms with Crippen LogP contribution in [0.5, 0.6) is 5.75 Å². The molecule has 0 unspecified atom stereocenters. The number of carbonyl (C=O) groups excluding carboxylic acids is 1. The molecule has 0 aliphatic carbocycles. The fourth-order valence-electron chi connectivity index (χ4n) is 1.92. The first-order valence-corrected chi connectivity index (χ1v) is 7.39. The molecule has 0 bridgehead atoms. The van der Waals surface area contributed by atoms with Gasteiger partial charge in [0.05, 0.1) is 20.3 Å². The summed E-state index contributed by atoms with van der Waals surface area (Å²) in [4.78, 5) is 16.5. The van der Waals surface area contributed by atoms with Crippen LogP contribution in [0.2, 0.25) is 0 Å². The van der Waals surface area contributed by atoms with E-state index >= 15 is 0 Å². The summed E-state index contributed by atoms with van der Waals surface area (Å²) in [6.45, 7) is 2.72. The van der Waals surface area contributed by atoms with Crippen molar-refractivity contribution in [2.24, 2.45) is 4.99 Å². The Morgan fingerprint density at radius 1 is 1.09 bits per heavy atom. The van der Waals surface area contributed by atoms with Crippen molar-refractivity contribution in [3.05, 3.63) is 65.7 Å². The first-order valence-electron chi connectivity index (χ1n) is 7.39. The predicted octanol–water partition coefficient (Wildman–Crippen LogP) is 3.02. The van der Waals surface area contributed by atoms with Gasteiger partial charge in [0.25, 0.3) is 11.9 Å². The molecule has 5 nitrogen and oxygen atoms in total. The Morgan fingerprint density at radius 2 is 1.78 bits per heavy atom. The van der Waals surface area contributed by atoms with E-state index in [1.165, 1.54) is 0 Å². The summed E-state index contributed by atoms with van der Waals surface area (Å²) in [6, 6.07) is 16.8. The molecule has 0 radical (unpaired) electrons. The molecule has 23 heavy (non-hydrogen) atoms. The number of aliphatic imine (C=N–C) groups is 1. The second-order valence-electron chi connectivity index (χ2n) is 4.72. The van der Waals surface area contributed by atoms with E-state index in [0.29, 0.717) is 24.5 Å². The maximum absolute atomic E-state index is 12.2. The quantitative estimate of drug-likeness (QED) is 0.682. The van der Waals surface area contributed by atoms with E-state index < -0.39 is 0 Å². The van der Waals surface area contributed by atoms with Gasteiger partial charge in [-0.25, -0.2) is 4.99 Å². The highest BCUT2D eigenvalue weighted by molar-refractivity contribution is 6.04. The van der Waals surface area contributed by atoms with Gasteiger partial charge < -0.3 is 9.47 Å². The molecule has 0 aliphatic heterocycles. The van der Waals surface area contributed by atoms with Crippen molar-refractivity contribution in [3.63, 3.8) is 0 Å². The molecule has 1 N–H and O–H groups in total. The third kappa shape index (κ3) is 5.14. The summed E-state index contributed by atoms with van der Waals surface area (Å²) >= 11 is 0. The van der Waals surface area contributed by atoms with Crippen LogP contribution in [-0.4, -0.2) is 25.6 Å². The monoisotopic (exact) mass is 312 g/mol. The highest BCUT2D eigenvalue weighted by atomic mass is 16.5. The van der Waals surface area contributed by atoms with Crippen molar-refractivity contribution in [1.82, 2.24) is 5.32 Å². The molecule has 0 saturated heterocycles. The van der Waals surface area contributed by atoms with Crippen LogP contribution >= 0.6 is 0 Å². The fourth-order valence-corrected chi connectivity index (χ4v) is 1.92. The molecule has 0 spiro atoms. The maximum atomic E-state index is 12.2. The standard InChI is InChI=1S/C18H20N2O3/c1-3-23-18(19-13-14-7-5-4-6-8-14)20-17(21)15-9-11-16(22-2)12-10-15/h4-12H,3,13H2,1-2H3,(H,19,20,21). The highest BCUT2D eigenvalue weighted by Crippen LogP contribution is 2.11. The van der Waals surface area contributed by atoms with Crippen LogP contribution in [0, 0.1) is 0 Å². The van der Waals surface area contributed by atoms with Gasteiger partial charge in [0.15, 0.2) is 0 Å². The van der Waals surface area contributed by atoms with Gasteiger partial charge >= 0.3 is 0 Å². The summed E-state index contributed by atoms with van der Waals surface area (Å²) in [5.41, 5.74) is 1.56. The Labute approximate surface area is 136 Å². The normalized spacial score (nSPS) is 11.0. The Kier molecular flexibility index (Phi) is 6.17. The number of rotatable bonds is 5. The molecule has 120 valence electrons. The molecule has 0 aliphatic rings. The molecule has 2 aromatic carbocycles. The zero-order chi connectivity index (χ0) is 16.5. The summed E-state index contributed by atoms with van der Waals surface area (Å²) in [5.74, 6) is 0.428. The van der Waals surface area contributed by atoms with Crippen LogP contribution in [0.3, 0.4) is 0 Å². The van der Waals surface area contributed by atoms with Crippen molar-refractivity contribution in [2.45, 2.75) is 13.5 Å². The van der Waals surface area contributed by atoms with Crippen LogP contribution in [0.25, 0.3) is 0 Å². The van der Waals surface area contributed by atoms with Crippen LogP contribution in [0.4, 0.5) is 0 Å². The lowest BCUT2D eigenvalue weighted by molar-refractivity contribution is 0.0966. The Balaban J connectivity index is 2.03. The smallest absolute Gasteiger partial charge is 0.292 e. The van der Waals surface area contributed by atoms with Crippen LogP contribution in [0.1, 0.15) is 22.8 Å². The van der Waals surface area contributed by atoms with E-state index in [0.717, 1.165) is 5.56 Å². The number of amidine groups is 1. The fraction of sp³-hybridized carbons (Fsp3) is 0.222. The number of carbonyl (C=O) groups is 1. The van der Waals surface area contributed by atoms with Crippen molar-refractivity contribution in [2.75, 3.05) is 13.7 Å². The van der Waals surface area contributed by atoms with E-state index in [9.17, 15) is 4.79 Å². The van der Waals surface area contributed by atoms with Crippen molar-refractivity contribution < 1.29 is 14.3 Å². The average Bonchev–Trinajstić information content (AvgIpc) is 2.61. The molecule has 0 aromatic heterocycles. The summed E-state index contributed by atoms with van der Waals surface area (Å²) in [6.07, 6.45) is 0. The SMILES string of the molecule is CCOC(=NCc1ccccc1)NC(=O)c1ccc(OC)cc1. The number of hydrogen-bond donors (Lipinski definition) is 1. The maximum Gasteiger partial charge on any atom is 0.292 e. The minimum atomic E-state index is -0.270. The number of nitrogens with one attached hydrogen (secondary N) is 1. The molecular weight excluding hydrogens is 292 g/mol. The lowest BCUT2D eigenvalue weighted by atomic mass is 10.2.